The Hall–Kier alpha value is -4.31. The summed E-state index contributed by atoms with van der Waals surface area (Å²) < 4.78 is 1.54. The molecule has 3 aromatic heterocycles. The van der Waals surface area contributed by atoms with Crippen molar-refractivity contribution in [2.75, 3.05) is 18.9 Å². The van der Waals surface area contributed by atoms with Gasteiger partial charge in [-0.1, -0.05) is 45.5 Å². The van der Waals surface area contributed by atoms with Crippen molar-refractivity contribution >= 4 is 23.0 Å². The molecule has 0 fully saturated rings. The minimum Gasteiger partial charge on any atom is -0.342 e. The standard InChI is InChI=1S/C15H13N5O.C11H20N4.C2H6/c1-11(18-12-6-3-2-4-7-12)19-15(21)13-10-17-20-9-5-8-16-14(13)20;1-9(10(2)12)4-5-15(3)8-11-6-13-14-7-11;1-2/h2-10,18H,1H2,(H,19,21);6-7,9,12H,4-5,8H2,1-3H3,(H,13,14);1-2H3. The van der Waals surface area contributed by atoms with Gasteiger partial charge < -0.3 is 20.9 Å². The van der Waals surface area contributed by atoms with E-state index >= 15 is 0 Å². The van der Waals surface area contributed by atoms with Crippen LogP contribution in [0.1, 0.15) is 50.0 Å². The van der Waals surface area contributed by atoms with E-state index in [2.05, 4.69) is 56.4 Å². The first-order valence-electron chi connectivity index (χ1n) is 12.7. The van der Waals surface area contributed by atoms with Gasteiger partial charge in [-0.25, -0.2) is 9.50 Å². The van der Waals surface area contributed by atoms with E-state index in [0.717, 1.165) is 30.9 Å². The number of hydrogen-bond donors (Lipinski definition) is 4. The number of para-hydroxylation sites is 1. The molecule has 0 aliphatic rings. The number of benzene rings is 1. The topological polar surface area (TPSA) is 127 Å². The minimum atomic E-state index is -0.308. The summed E-state index contributed by atoms with van der Waals surface area (Å²) in [5.74, 6) is 0.468. The Balaban J connectivity index is 0.000000264. The number of carbonyl (C=O) groups is 1. The summed E-state index contributed by atoms with van der Waals surface area (Å²) in [6.45, 7) is 13.7. The van der Waals surface area contributed by atoms with Crippen molar-refractivity contribution in [2.24, 2.45) is 5.92 Å². The van der Waals surface area contributed by atoms with E-state index in [0.29, 0.717) is 22.9 Å². The lowest BCUT2D eigenvalue weighted by molar-refractivity contribution is 0.0968. The number of carbonyl (C=O) groups excluding carboxylic acids is 1. The van der Waals surface area contributed by atoms with E-state index in [9.17, 15) is 4.79 Å². The molecule has 10 heteroatoms. The summed E-state index contributed by atoms with van der Waals surface area (Å²) in [5.41, 5.74) is 3.72. The fraction of sp³-hybridized carbons (Fsp3) is 0.321. The summed E-state index contributed by atoms with van der Waals surface area (Å²) in [6.07, 6.45) is 9.64. The van der Waals surface area contributed by atoms with Crippen LogP contribution in [0.4, 0.5) is 5.69 Å². The van der Waals surface area contributed by atoms with Gasteiger partial charge in [-0.15, -0.1) is 0 Å². The molecule has 10 nitrogen and oxygen atoms in total. The number of amides is 1. The monoisotopic (exact) mass is 517 g/mol. The summed E-state index contributed by atoms with van der Waals surface area (Å²) in [4.78, 5) is 18.6. The van der Waals surface area contributed by atoms with Crippen LogP contribution in [-0.2, 0) is 6.54 Å². The Morgan fingerprint density at radius 3 is 2.61 bits per heavy atom. The summed E-state index contributed by atoms with van der Waals surface area (Å²) in [5, 5.41) is 24.0. The molecule has 0 saturated heterocycles. The predicted octanol–water partition coefficient (Wildman–Crippen LogP) is 4.98. The van der Waals surface area contributed by atoms with E-state index in [1.165, 1.54) is 11.8 Å². The highest BCUT2D eigenvalue weighted by atomic mass is 16.1. The van der Waals surface area contributed by atoms with Crippen molar-refractivity contribution in [3.05, 3.63) is 90.9 Å². The van der Waals surface area contributed by atoms with Gasteiger partial charge in [-0.2, -0.15) is 10.2 Å². The number of H-pyrrole nitrogens is 1. The molecule has 0 aliphatic heterocycles. The lowest BCUT2D eigenvalue weighted by Gasteiger charge is -2.18. The highest BCUT2D eigenvalue weighted by Crippen LogP contribution is 2.10. The Bertz CT molecular complexity index is 1270. The maximum absolute atomic E-state index is 12.2. The molecule has 38 heavy (non-hydrogen) atoms. The highest BCUT2D eigenvalue weighted by Gasteiger charge is 2.14. The number of anilines is 1. The first kappa shape index (κ1) is 29.9. The highest BCUT2D eigenvalue weighted by molar-refractivity contribution is 6.00. The van der Waals surface area contributed by atoms with E-state index in [1.54, 1.807) is 23.0 Å². The van der Waals surface area contributed by atoms with Crippen LogP contribution in [0, 0.1) is 11.3 Å². The molecule has 4 N–H and O–H groups in total. The lowest BCUT2D eigenvalue weighted by atomic mass is 10.0. The normalized spacial score (nSPS) is 11.0. The molecule has 4 aromatic rings. The van der Waals surface area contributed by atoms with Gasteiger partial charge in [-0.05, 0) is 51.1 Å². The van der Waals surface area contributed by atoms with Crippen LogP contribution in [0.15, 0.2) is 79.8 Å². The van der Waals surface area contributed by atoms with E-state index in [4.69, 9.17) is 5.41 Å². The van der Waals surface area contributed by atoms with Crippen molar-refractivity contribution < 1.29 is 4.79 Å². The number of nitrogens with zero attached hydrogens (tertiary/aromatic N) is 5. The molecule has 202 valence electrons. The lowest BCUT2D eigenvalue weighted by Crippen LogP contribution is -2.26. The molecule has 1 amide bonds. The SMILES string of the molecule is C=C(NC(=O)c1cnn2cccnc12)Nc1ccccc1.CC.CC(=N)C(C)CCN(C)Cc1cn[nH]c1. The Labute approximate surface area is 224 Å². The van der Waals surface area contributed by atoms with Crippen molar-refractivity contribution in [2.45, 2.75) is 40.7 Å². The zero-order valence-corrected chi connectivity index (χ0v) is 22.9. The van der Waals surface area contributed by atoms with Crippen LogP contribution in [-0.4, -0.2) is 54.9 Å². The van der Waals surface area contributed by atoms with Crippen LogP contribution in [0.3, 0.4) is 0 Å². The average Bonchev–Trinajstić information content (AvgIpc) is 3.59. The minimum absolute atomic E-state index is 0.308. The van der Waals surface area contributed by atoms with Crippen LogP contribution in [0.2, 0.25) is 0 Å². The largest absolute Gasteiger partial charge is 0.342 e. The van der Waals surface area contributed by atoms with Crippen LogP contribution in [0.25, 0.3) is 5.65 Å². The Morgan fingerprint density at radius 2 is 1.95 bits per heavy atom. The first-order valence-corrected chi connectivity index (χ1v) is 12.7. The molecule has 1 unspecified atom stereocenters. The molecular formula is C28H39N9O. The zero-order valence-electron chi connectivity index (χ0n) is 22.9. The van der Waals surface area contributed by atoms with Gasteiger partial charge in [0.2, 0.25) is 0 Å². The van der Waals surface area contributed by atoms with Crippen LogP contribution >= 0.6 is 0 Å². The van der Waals surface area contributed by atoms with Crippen molar-refractivity contribution in [1.29, 1.82) is 5.41 Å². The molecule has 0 spiro atoms. The maximum Gasteiger partial charge on any atom is 0.262 e. The quantitative estimate of drug-likeness (QED) is 0.220. The maximum atomic E-state index is 12.2. The van der Waals surface area contributed by atoms with Gasteiger partial charge in [0.15, 0.2) is 5.65 Å². The third kappa shape index (κ3) is 9.62. The number of fused-ring (bicyclic) bond motifs is 1. The van der Waals surface area contributed by atoms with E-state index in [-0.39, 0.29) is 5.91 Å². The number of rotatable bonds is 10. The Kier molecular flexibility index (Phi) is 12.4. The van der Waals surface area contributed by atoms with Crippen molar-refractivity contribution in [1.82, 2.24) is 35.0 Å². The molecular weight excluding hydrogens is 478 g/mol. The number of aromatic amines is 1. The van der Waals surface area contributed by atoms with Crippen LogP contribution < -0.4 is 10.6 Å². The second-order valence-electron chi connectivity index (χ2n) is 8.59. The van der Waals surface area contributed by atoms with Gasteiger partial charge >= 0.3 is 0 Å². The average molecular weight is 518 g/mol. The van der Waals surface area contributed by atoms with Gasteiger partial charge in [0.05, 0.1) is 12.4 Å². The second kappa shape index (κ2) is 15.7. The molecule has 3 heterocycles. The number of aromatic nitrogens is 5. The fourth-order valence-corrected chi connectivity index (χ4v) is 3.30. The fourth-order valence-electron chi connectivity index (χ4n) is 3.30. The molecule has 0 bridgehead atoms. The third-order valence-electron chi connectivity index (χ3n) is 5.55. The van der Waals surface area contributed by atoms with Gasteiger partial charge in [0, 0.05) is 42.1 Å². The molecule has 0 radical (unpaired) electrons. The molecule has 4 rings (SSSR count). The van der Waals surface area contributed by atoms with E-state index in [1.807, 2.05) is 63.5 Å². The number of nitrogens with one attached hydrogen (secondary N) is 4. The molecule has 0 aliphatic carbocycles. The van der Waals surface area contributed by atoms with Gasteiger partial charge in [0.1, 0.15) is 11.4 Å². The second-order valence-corrected chi connectivity index (χ2v) is 8.59. The molecule has 1 atom stereocenters. The Morgan fingerprint density at radius 1 is 1.21 bits per heavy atom. The third-order valence-corrected chi connectivity index (χ3v) is 5.55. The van der Waals surface area contributed by atoms with E-state index < -0.39 is 0 Å². The van der Waals surface area contributed by atoms with Crippen molar-refractivity contribution in [3.63, 3.8) is 0 Å². The molecule has 0 saturated carbocycles. The summed E-state index contributed by atoms with van der Waals surface area (Å²) in [6, 6.07) is 11.2. The summed E-state index contributed by atoms with van der Waals surface area (Å²) >= 11 is 0. The van der Waals surface area contributed by atoms with Crippen molar-refractivity contribution in [3.8, 4) is 0 Å². The van der Waals surface area contributed by atoms with Crippen LogP contribution in [0.5, 0.6) is 0 Å². The molecule has 1 aromatic carbocycles. The smallest absolute Gasteiger partial charge is 0.262 e. The first-order chi connectivity index (χ1) is 18.3. The number of hydrogen-bond acceptors (Lipinski definition) is 7. The summed E-state index contributed by atoms with van der Waals surface area (Å²) in [7, 11) is 2.10. The van der Waals surface area contributed by atoms with Gasteiger partial charge in [-0.3, -0.25) is 9.89 Å². The van der Waals surface area contributed by atoms with Gasteiger partial charge in [0.25, 0.3) is 5.91 Å². The predicted molar refractivity (Wildman–Crippen MR) is 153 cm³/mol. The zero-order chi connectivity index (χ0) is 27.9.